The lowest BCUT2D eigenvalue weighted by Crippen LogP contribution is -2.11. The van der Waals surface area contributed by atoms with Crippen molar-refractivity contribution in [3.63, 3.8) is 0 Å². The van der Waals surface area contributed by atoms with Crippen molar-refractivity contribution in [1.29, 1.82) is 0 Å². The van der Waals surface area contributed by atoms with E-state index in [1.807, 2.05) is 0 Å². The summed E-state index contributed by atoms with van der Waals surface area (Å²) in [7, 11) is 0. The first kappa shape index (κ1) is 10.8. The fourth-order valence-electron chi connectivity index (χ4n) is 1.92. The molecule has 0 aliphatic carbocycles. The summed E-state index contributed by atoms with van der Waals surface area (Å²) in [6, 6.07) is 2.71. The molecular formula is C11H12ClF2N. The zero-order chi connectivity index (χ0) is 10.8. The van der Waals surface area contributed by atoms with Crippen LogP contribution in [0.15, 0.2) is 12.1 Å². The maximum atomic E-state index is 13.1. The highest BCUT2D eigenvalue weighted by Crippen LogP contribution is 2.26. The van der Waals surface area contributed by atoms with Gasteiger partial charge < -0.3 is 5.32 Å². The molecule has 0 saturated carbocycles. The standard InChI is InChI=1S/C11H12ClF2N/c12-10-8(1-2-9(13)11(10)14)5-7-3-4-15-6-7/h1-2,7,15H,3-6H2. The third-order valence-electron chi connectivity index (χ3n) is 2.79. The van der Waals surface area contributed by atoms with Crippen LogP contribution in [0.2, 0.25) is 5.02 Å². The molecule has 0 radical (unpaired) electrons. The summed E-state index contributed by atoms with van der Waals surface area (Å²) in [5.74, 6) is -1.33. The molecule has 15 heavy (non-hydrogen) atoms. The maximum absolute atomic E-state index is 13.1. The van der Waals surface area contributed by atoms with Crippen LogP contribution >= 0.6 is 11.6 Å². The van der Waals surface area contributed by atoms with Gasteiger partial charge in [-0.25, -0.2) is 8.78 Å². The molecule has 0 amide bonds. The number of rotatable bonds is 2. The van der Waals surface area contributed by atoms with E-state index in [2.05, 4.69) is 5.32 Å². The van der Waals surface area contributed by atoms with Crippen LogP contribution in [-0.2, 0) is 6.42 Å². The van der Waals surface area contributed by atoms with Gasteiger partial charge in [0.1, 0.15) is 0 Å². The molecule has 4 heteroatoms. The molecular weight excluding hydrogens is 220 g/mol. The van der Waals surface area contributed by atoms with E-state index in [4.69, 9.17) is 11.6 Å². The Morgan fingerprint density at radius 2 is 2.20 bits per heavy atom. The van der Waals surface area contributed by atoms with E-state index in [1.165, 1.54) is 0 Å². The average molecular weight is 232 g/mol. The number of halogens is 3. The largest absolute Gasteiger partial charge is 0.316 e. The second kappa shape index (κ2) is 4.45. The van der Waals surface area contributed by atoms with E-state index < -0.39 is 11.6 Å². The molecule has 1 saturated heterocycles. The van der Waals surface area contributed by atoms with Gasteiger partial charge in [0.25, 0.3) is 0 Å². The monoisotopic (exact) mass is 231 g/mol. The molecule has 0 spiro atoms. The summed E-state index contributed by atoms with van der Waals surface area (Å²) in [5, 5.41) is 3.16. The SMILES string of the molecule is Fc1ccc(CC2CCNC2)c(Cl)c1F. The predicted molar refractivity (Wildman–Crippen MR) is 56.0 cm³/mol. The minimum atomic E-state index is -0.930. The summed E-state index contributed by atoms with van der Waals surface area (Å²) >= 11 is 5.74. The lowest BCUT2D eigenvalue weighted by atomic mass is 9.98. The van der Waals surface area contributed by atoms with Crippen LogP contribution in [0.1, 0.15) is 12.0 Å². The third kappa shape index (κ3) is 2.29. The molecule has 0 bridgehead atoms. The van der Waals surface area contributed by atoms with E-state index in [0.717, 1.165) is 25.6 Å². The lowest BCUT2D eigenvalue weighted by Gasteiger charge is -2.10. The number of hydrogen-bond donors (Lipinski definition) is 1. The van der Waals surface area contributed by atoms with Gasteiger partial charge in [-0.1, -0.05) is 17.7 Å². The molecule has 1 aromatic rings. The van der Waals surface area contributed by atoms with Gasteiger partial charge in [0, 0.05) is 0 Å². The van der Waals surface area contributed by atoms with Crippen LogP contribution in [-0.4, -0.2) is 13.1 Å². The van der Waals surface area contributed by atoms with Crippen molar-refractivity contribution in [3.05, 3.63) is 34.4 Å². The van der Waals surface area contributed by atoms with Gasteiger partial charge >= 0.3 is 0 Å². The maximum Gasteiger partial charge on any atom is 0.177 e. The van der Waals surface area contributed by atoms with E-state index in [9.17, 15) is 8.78 Å². The second-order valence-corrected chi connectivity index (χ2v) is 4.28. The first-order valence-corrected chi connectivity index (χ1v) is 5.39. The summed E-state index contributed by atoms with van der Waals surface area (Å²) in [6.45, 7) is 1.92. The quantitative estimate of drug-likeness (QED) is 0.772. The fraction of sp³-hybridized carbons (Fsp3) is 0.455. The summed E-state index contributed by atoms with van der Waals surface area (Å²) in [5.41, 5.74) is 0.698. The van der Waals surface area contributed by atoms with E-state index in [1.54, 1.807) is 6.07 Å². The minimum absolute atomic E-state index is 0.0677. The first-order valence-electron chi connectivity index (χ1n) is 5.01. The molecule has 1 N–H and O–H groups in total. The Bertz CT molecular complexity index is 362. The van der Waals surface area contributed by atoms with Crippen molar-refractivity contribution in [3.8, 4) is 0 Å². The molecule has 1 fully saturated rings. The molecule has 2 rings (SSSR count). The number of hydrogen-bond acceptors (Lipinski definition) is 1. The van der Waals surface area contributed by atoms with Gasteiger partial charge in [0.15, 0.2) is 11.6 Å². The van der Waals surface area contributed by atoms with Crippen molar-refractivity contribution in [2.75, 3.05) is 13.1 Å². The van der Waals surface area contributed by atoms with Crippen LogP contribution < -0.4 is 5.32 Å². The lowest BCUT2D eigenvalue weighted by molar-refractivity contribution is 0.504. The van der Waals surface area contributed by atoms with Gasteiger partial charge in [-0.15, -0.1) is 0 Å². The average Bonchev–Trinajstić information content (AvgIpc) is 2.72. The van der Waals surface area contributed by atoms with Crippen molar-refractivity contribution in [2.24, 2.45) is 5.92 Å². The highest BCUT2D eigenvalue weighted by Gasteiger charge is 2.18. The number of nitrogens with one attached hydrogen (secondary N) is 1. The molecule has 1 atom stereocenters. The Kier molecular flexibility index (Phi) is 3.22. The Hall–Kier alpha value is -0.670. The molecule has 1 aliphatic rings. The van der Waals surface area contributed by atoms with Crippen LogP contribution in [0.5, 0.6) is 0 Å². The molecule has 1 aliphatic heterocycles. The molecule has 1 unspecified atom stereocenters. The summed E-state index contributed by atoms with van der Waals surface area (Å²) in [4.78, 5) is 0. The molecule has 1 nitrogen and oxygen atoms in total. The van der Waals surface area contributed by atoms with Gasteiger partial charge in [-0.3, -0.25) is 0 Å². The van der Waals surface area contributed by atoms with E-state index >= 15 is 0 Å². The van der Waals surface area contributed by atoms with Gasteiger partial charge in [-0.05, 0) is 43.5 Å². The van der Waals surface area contributed by atoms with Gasteiger partial charge in [-0.2, -0.15) is 0 Å². The Labute approximate surface area is 92.4 Å². The first-order chi connectivity index (χ1) is 7.18. The highest BCUT2D eigenvalue weighted by molar-refractivity contribution is 6.31. The Morgan fingerprint density at radius 3 is 2.87 bits per heavy atom. The number of benzene rings is 1. The zero-order valence-corrected chi connectivity index (χ0v) is 8.95. The third-order valence-corrected chi connectivity index (χ3v) is 3.19. The zero-order valence-electron chi connectivity index (χ0n) is 8.19. The summed E-state index contributed by atoms with van der Waals surface area (Å²) < 4.78 is 25.9. The topological polar surface area (TPSA) is 12.0 Å². The Balaban J connectivity index is 2.17. The molecule has 0 aromatic heterocycles. The normalized spacial score (nSPS) is 20.9. The van der Waals surface area contributed by atoms with Crippen LogP contribution in [0.4, 0.5) is 8.78 Å². The second-order valence-electron chi connectivity index (χ2n) is 3.90. The van der Waals surface area contributed by atoms with Crippen LogP contribution in [0.3, 0.4) is 0 Å². The van der Waals surface area contributed by atoms with E-state index in [0.29, 0.717) is 17.9 Å². The smallest absolute Gasteiger partial charge is 0.177 e. The molecule has 82 valence electrons. The van der Waals surface area contributed by atoms with Crippen molar-refractivity contribution in [1.82, 2.24) is 5.32 Å². The fourth-order valence-corrected chi connectivity index (χ4v) is 2.15. The van der Waals surface area contributed by atoms with Gasteiger partial charge in [0.2, 0.25) is 0 Å². The predicted octanol–water partition coefficient (Wildman–Crippen LogP) is 2.77. The minimum Gasteiger partial charge on any atom is -0.316 e. The highest BCUT2D eigenvalue weighted by atomic mass is 35.5. The van der Waals surface area contributed by atoms with Gasteiger partial charge in [0.05, 0.1) is 5.02 Å². The van der Waals surface area contributed by atoms with Crippen molar-refractivity contribution < 1.29 is 8.78 Å². The van der Waals surface area contributed by atoms with Crippen LogP contribution in [0, 0.1) is 17.6 Å². The van der Waals surface area contributed by atoms with Crippen molar-refractivity contribution >= 4 is 11.6 Å². The van der Waals surface area contributed by atoms with E-state index in [-0.39, 0.29) is 5.02 Å². The Morgan fingerprint density at radius 1 is 1.40 bits per heavy atom. The molecule has 1 heterocycles. The van der Waals surface area contributed by atoms with Crippen molar-refractivity contribution in [2.45, 2.75) is 12.8 Å². The van der Waals surface area contributed by atoms with Crippen LogP contribution in [0.25, 0.3) is 0 Å². The summed E-state index contributed by atoms with van der Waals surface area (Å²) in [6.07, 6.45) is 1.78. The molecule has 1 aromatic carbocycles.